The molecule has 4 rings (SSSR count). The van der Waals surface area contributed by atoms with Crippen LogP contribution in [-0.2, 0) is 22.5 Å². The Morgan fingerprint density at radius 3 is 2.52 bits per heavy atom. The standard InChI is InChI=1S/C19H16F3N5O3S/c1-29-14-4-6-15(7-5-14)31(2,28)23-9-13-11-27-10-12(3-8-16(27)24-13)17-25-18(30-26-17)19(20,21)22/h3-8,10-11H,9H2,1-2H3. The molecular weight excluding hydrogens is 435 g/mol. The highest BCUT2D eigenvalue weighted by molar-refractivity contribution is 7.93. The smallest absolute Gasteiger partial charge is 0.471 e. The number of pyridine rings is 1. The number of rotatable bonds is 5. The second-order valence-corrected chi connectivity index (χ2v) is 8.94. The number of imidazole rings is 1. The van der Waals surface area contributed by atoms with Crippen molar-refractivity contribution in [3.8, 4) is 17.1 Å². The normalized spacial score (nSPS) is 13.8. The highest BCUT2D eigenvalue weighted by atomic mass is 32.2. The summed E-state index contributed by atoms with van der Waals surface area (Å²) in [5.41, 5.74) is 1.41. The molecule has 0 N–H and O–H groups in total. The number of hydrogen-bond donors (Lipinski definition) is 0. The lowest BCUT2D eigenvalue weighted by molar-refractivity contribution is -0.159. The first-order valence-corrected chi connectivity index (χ1v) is 10.8. The lowest BCUT2D eigenvalue weighted by Gasteiger charge is -2.05. The monoisotopic (exact) mass is 451 g/mol. The van der Waals surface area contributed by atoms with Crippen LogP contribution in [0.5, 0.6) is 5.75 Å². The van der Waals surface area contributed by atoms with Crippen LogP contribution in [0.1, 0.15) is 11.6 Å². The van der Waals surface area contributed by atoms with Crippen LogP contribution in [-0.4, -0.2) is 37.1 Å². The molecule has 8 nitrogen and oxygen atoms in total. The number of nitrogens with zero attached hydrogens (tertiary/aromatic N) is 5. The van der Waals surface area contributed by atoms with Gasteiger partial charge in [0.15, 0.2) is 0 Å². The van der Waals surface area contributed by atoms with Crippen molar-refractivity contribution in [1.29, 1.82) is 0 Å². The summed E-state index contributed by atoms with van der Waals surface area (Å²) in [6.45, 7) is 0.0960. The van der Waals surface area contributed by atoms with Crippen molar-refractivity contribution in [2.75, 3.05) is 13.4 Å². The highest BCUT2D eigenvalue weighted by Gasteiger charge is 2.38. The zero-order valence-electron chi connectivity index (χ0n) is 16.3. The fourth-order valence-corrected chi connectivity index (χ4v) is 3.97. The number of methoxy groups -OCH3 is 1. The van der Waals surface area contributed by atoms with Gasteiger partial charge in [-0.15, -0.1) is 0 Å². The van der Waals surface area contributed by atoms with Crippen molar-refractivity contribution in [3.05, 3.63) is 60.4 Å². The highest BCUT2D eigenvalue weighted by Crippen LogP contribution is 2.29. The molecule has 0 spiro atoms. The molecule has 1 aromatic carbocycles. The molecule has 0 fully saturated rings. The van der Waals surface area contributed by atoms with E-state index in [4.69, 9.17) is 4.74 Å². The molecule has 3 heterocycles. The van der Waals surface area contributed by atoms with Crippen LogP contribution < -0.4 is 4.74 Å². The van der Waals surface area contributed by atoms with Gasteiger partial charge in [-0.3, -0.25) is 0 Å². The van der Waals surface area contributed by atoms with Crippen LogP contribution in [0.2, 0.25) is 0 Å². The van der Waals surface area contributed by atoms with Gasteiger partial charge in [-0.2, -0.15) is 18.2 Å². The third-order valence-electron chi connectivity index (χ3n) is 4.40. The van der Waals surface area contributed by atoms with Crippen molar-refractivity contribution < 1.29 is 26.6 Å². The van der Waals surface area contributed by atoms with E-state index < -0.39 is 21.8 Å². The van der Waals surface area contributed by atoms with Crippen molar-refractivity contribution in [2.45, 2.75) is 17.6 Å². The Kier molecular flexibility index (Phi) is 5.17. The Hall–Kier alpha value is -3.41. The molecule has 31 heavy (non-hydrogen) atoms. The summed E-state index contributed by atoms with van der Waals surface area (Å²) in [5, 5.41) is 3.38. The Morgan fingerprint density at radius 1 is 1.13 bits per heavy atom. The van der Waals surface area contributed by atoms with Crippen LogP contribution in [0.3, 0.4) is 0 Å². The summed E-state index contributed by atoms with van der Waals surface area (Å²) < 4.78 is 66.2. The van der Waals surface area contributed by atoms with Gasteiger partial charge in [0.25, 0.3) is 0 Å². The number of ether oxygens (including phenoxy) is 1. The van der Waals surface area contributed by atoms with Crippen LogP contribution >= 0.6 is 0 Å². The van der Waals surface area contributed by atoms with E-state index in [-0.39, 0.29) is 12.4 Å². The summed E-state index contributed by atoms with van der Waals surface area (Å²) in [6.07, 6.45) is 0.00755. The zero-order valence-corrected chi connectivity index (χ0v) is 17.1. The molecule has 0 aliphatic heterocycles. The average molecular weight is 451 g/mol. The minimum atomic E-state index is -4.71. The molecule has 1 unspecified atom stereocenters. The molecule has 3 aromatic heterocycles. The molecule has 12 heteroatoms. The van der Waals surface area contributed by atoms with Crippen LogP contribution in [0.4, 0.5) is 13.2 Å². The summed E-state index contributed by atoms with van der Waals surface area (Å²) in [6, 6.07) is 9.95. The van der Waals surface area contributed by atoms with Gasteiger partial charge in [0.1, 0.15) is 11.4 Å². The lowest BCUT2D eigenvalue weighted by Crippen LogP contribution is -2.04. The van der Waals surface area contributed by atoms with Crippen LogP contribution in [0, 0.1) is 0 Å². The molecule has 162 valence electrons. The van der Waals surface area contributed by atoms with Gasteiger partial charge in [0, 0.05) is 29.1 Å². The van der Waals surface area contributed by atoms with Crippen molar-refractivity contribution in [1.82, 2.24) is 19.5 Å². The summed E-state index contributed by atoms with van der Waals surface area (Å²) in [4.78, 5) is 8.34. The third kappa shape index (κ3) is 4.38. The molecule has 1 atom stereocenters. The predicted octanol–water partition coefficient (Wildman–Crippen LogP) is 4.07. The Morgan fingerprint density at radius 2 is 1.87 bits per heavy atom. The van der Waals surface area contributed by atoms with Crippen molar-refractivity contribution >= 4 is 15.4 Å². The molecule has 0 saturated carbocycles. The van der Waals surface area contributed by atoms with E-state index in [1.165, 1.54) is 18.5 Å². The molecule has 0 radical (unpaired) electrons. The van der Waals surface area contributed by atoms with E-state index in [1.54, 1.807) is 48.0 Å². The van der Waals surface area contributed by atoms with E-state index in [0.29, 0.717) is 27.5 Å². The van der Waals surface area contributed by atoms with Crippen LogP contribution in [0.25, 0.3) is 17.0 Å². The summed E-state index contributed by atoms with van der Waals surface area (Å²) >= 11 is 0. The molecule has 0 saturated heterocycles. The minimum absolute atomic E-state index is 0.0960. The number of halogens is 3. The van der Waals surface area contributed by atoms with Gasteiger partial charge >= 0.3 is 12.1 Å². The first kappa shape index (κ1) is 20.8. The number of aromatic nitrogens is 4. The summed E-state index contributed by atoms with van der Waals surface area (Å²) in [5.74, 6) is -0.951. The topological polar surface area (TPSA) is 94.9 Å². The Balaban J connectivity index is 1.58. The second kappa shape index (κ2) is 7.69. The second-order valence-electron chi connectivity index (χ2n) is 6.60. The van der Waals surface area contributed by atoms with Gasteiger partial charge in [-0.1, -0.05) is 5.16 Å². The van der Waals surface area contributed by atoms with Gasteiger partial charge in [0.05, 0.1) is 29.1 Å². The molecule has 0 bridgehead atoms. The molecule has 0 aliphatic carbocycles. The minimum Gasteiger partial charge on any atom is -0.497 e. The van der Waals surface area contributed by atoms with E-state index in [1.807, 2.05) is 0 Å². The summed E-state index contributed by atoms with van der Waals surface area (Å²) in [7, 11) is -1.11. The molecule has 0 amide bonds. The van der Waals surface area contributed by atoms with E-state index in [0.717, 1.165) is 0 Å². The Bertz CT molecular complexity index is 1350. The van der Waals surface area contributed by atoms with E-state index >= 15 is 0 Å². The van der Waals surface area contributed by atoms with Gasteiger partial charge < -0.3 is 13.7 Å². The number of fused-ring (bicyclic) bond motifs is 1. The average Bonchev–Trinajstić information content (AvgIpc) is 3.38. The van der Waals surface area contributed by atoms with Crippen molar-refractivity contribution in [3.63, 3.8) is 0 Å². The lowest BCUT2D eigenvalue weighted by atomic mass is 10.3. The Labute approximate surface area is 174 Å². The number of hydrogen-bond acceptors (Lipinski definition) is 7. The number of benzene rings is 1. The van der Waals surface area contributed by atoms with E-state index in [2.05, 4.69) is 24.0 Å². The van der Waals surface area contributed by atoms with E-state index in [9.17, 15) is 17.4 Å². The van der Waals surface area contributed by atoms with Gasteiger partial charge in [-0.05, 0) is 36.4 Å². The van der Waals surface area contributed by atoms with Gasteiger partial charge in [0.2, 0.25) is 5.82 Å². The maximum atomic E-state index is 12.9. The zero-order chi connectivity index (χ0) is 22.2. The quantitative estimate of drug-likeness (QED) is 0.454. The van der Waals surface area contributed by atoms with Crippen LogP contribution in [0.15, 0.2) is 62.6 Å². The van der Waals surface area contributed by atoms with Gasteiger partial charge in [-0.25, -0.2) is 13.6 Å². The molecular formula is C19H16F3N5O3S. The first-order chi connectivity index (χ1) is 14.7. The fraction of sp³-hybridized carbons (Fsp3) is 0.211. The largest absolute Gasteiger partial charge is 0.497 e. The SMILES string of the molecule is COc1ccc(S(C)(=O)=NCc2cn3cc(-c4noc(C(F)(F)F)n4)ccc3n2)cc1. The molecule has 0 aliphatic rings. The first-order valence-electron chi connectivity index (χ1n) is 8.86. The molecule has 4 aromatic rings. The van der Waals surface area contributed by atoms with Crippen molar-refractivity contribution in [2.24, 2.45) is 4.36 Å². The third-order valence-corrected chi connectivity index (χ3v) is 6.17. The predicted molar refractivity (Wildman–Crippen MR) is 105 cm³/mol. The number of alkyl halides is 3. The maximum Gasteiger partial charge on any atom is 0.471 e. The maximum absolute atomic E-state index is 12.9. The fourth-order valence-electron chi connectivity index (χ4n) is 2.80.